The Hall–Kier alpha value is -1.06. The van der Waals surface area contributed by atoms with Crippen molar-refractivity contribution in [2.75, 3.05) is 0 Å². The maximum absolute atomic E-state index is 12.1. The first kappa shape index (κ1) is 12.0. The van der Waals surface area contributed by atoms with Gasteiger partial charge in [-0.2, -0.15) is 0 Å². The predicted octanol–water partition coefficient (Wildman–Crippen LogP) is 1.18. The van der Waals surface area contributed by atoms with E-state index in [0.29, 0.717) is 11.8 Å². The minimum absolute atomic E-state index is 0.155. The minimum atomic E-state index is -0.779. The van der Waals surface area contributed by atoms with E-state index in [4.69, 9.17) is 11.5 Å². The first-order valence-electron chi connectivity index (χ1n) is 6.85. The maximum atomic E-state index is 12.1. The van der Waals surface area contributed by atoms with E-state index in [1.165, 1.54) is 6.42 Å². The summed E-state index contributed by atoms with van der Waals surface area (Å²) < 4.78 is 0. The number of primary amides is 2. The van der Waals surface area contributed by atoms with Crippen LogP contribution in [-0.2, 0) is 9.59 Å². The summed E-state index contributed by atoms with van der Waals surface area (Å²) in [6.07, 6.45) is 4.73. The van der Waals surface area contributed by atoms with Gasteiger partial charge >= 0.3 is 0 Å². The molecule has 4 N–H and O–H groups in total. The topological polar surface area (TPSA) is 86.2 Å². The highest BCUT2D eigenvalue weighted by molar-refractivity contribution is 5.93. The lowest BCUT2D eigenvalue weighted by atomic mass is 9.34. The van der Waals surface area contributed by atoms with Crippen molar-refractivity contribution in [1.29, 1.82) is 0 Å². The van der Waals surface area contributed by atoms with Gasteiger partial charge in [0.1, 0.15) is 0 Å². The molecule has 3 atom stereocenters. The number of amides is 2. The van der Waals surface area contributed by atoms with Crippen LogP contribution < -0.4 is 11.5 Å². The van der Waals surface area contributed by atoms with E-state index in [1.807, 2.05) is 6.92 Å². The number of hydrogen-bond acceptors (Lipinski definition) is 2. The van der Waals surface area contributed by atoms with Crippen LogP contribution in [0.25, 0.3) is 0 Å². The molecule has 0 aromatic heterocycles. The van der Waals surface area contributed by atoms with Crippen LogP contribution in [-0.4, -0.2) is 11.8 Å². The summed E-state index contributed by atoms with van der Waals surface area (Å²) in [6.45, 7) is 4.02. The van der Waals surface area contributed by atoms with Gasteiger partial charge in [0.2, 0.25) is 11.8 Å². The van der Waals surface area contributed by atoms with Gasteiger partial charge in [-0.3, -0.25) is 9.59 Å². The quantitative estimate of drug-likeness (QED) is 0.771. The molecular formula is C14H22N2O2. The first-order valence-corrected chi connectivity index (χ1v) is 6.85. The highest BCUT2D eigenvalue weighted by Gasteiger charge is 2.72. The highest BCUT2D eigenvalue weighted by atomic mass is 16.2. The number of hydrogen-bond donors (Lipinski definition) is 2. The molecule has 0 aromatic carbocycles. The molecule has 0 spiro atoms. The second-order valence-electron chi connectivity index (χ2n) is 7.28. The summed E-state index contributed by atoms with van der Waals surface area (Å²) in [5.74, 6) is 0.427. The molecule has 100 valence electrons. The molecule has 0 aliphatic heterocycles. The van der Waals surface area contributed by atoms with Crippen molar-refractivity contribution in [1.82, 2.24) is 0 Å². The van der Waals surface area contributed by atoms with Crippen molar-refractivity contribution in [3.05, 3.63) is 0 Å². The minimum Gasteiger partial charge on any atom is -0.369 e. The summed E-state index contributed by atoms with van der Waals surface area (Å²) in [7, 11) is 0. The molecule has 4 aliphatic carbocycles. The maximum Gasteiger partial charge on any atom is 0.225 e. The number of nitrogens with two attached hydrogens (primary N) is 2. The molecule has 3 unspecified atom stereocenters. The van der Waals surface area contributed by atoms with Gasteiger partial charge in [-0.25, -0.2) is 0 Å². The Morgan fingerprint density at radius 3 is 1.83 bits per heavy atom. The third kappa shape index (κ3) is 1.04. The zero-order chi connectivity index (χ0) is 13.3. The van der Waals surface area contributed by atoms with Gasteiger partial charge in [-0.05, 0) is 56.3 Å². The molecule has 4 aliphatic rings. The van der Waals surface area contributed by atoms with Gasteiger partial charge in [0, 0.05) is 0 Å². The van der Waals surface area contributed by atoms with Crippen LogP contribution in [0.4, 0.5) is 0 Å². The van der Waals surface area contributed by atoms with Gasteiger partial charge in [-0.15, -0.1) is 0 Å². The fourth-order valence-electron chi connectivity index (χ4n) is 5.75. The number of carbonyl (C=O) groups excluding carboxylic acids is 2. The van der Waals surface area contributed by atoms with Gasteiger partial charge in [0.15, 0.2) is 0 Å². The molecule has 4 heteroatoms. The van der Waals surface area contributed by atoms with Crippen LogP contribution in [0.1, 0.15) is 46.0 Å². The van der Waals surface area contributed by atoms with Crippen LogP contribution in [0.5, 0.6) is 0 Å². The molecule has 0 saturated heterocycles. The van der Waals surface area contributed by atoms with Crippen LogP contribution in [0.2, 0.25) is 0 Å². The molecule has 4 bridgehead atoms. The molecule has 0 aromatic rings. The molecule has 2 amide bonds. The van der Waals surface area contributed by atoms with Gasteiger partial charge in [0.05, 0.1) is 10.8 Å². The van der Waals surface area contributed by atoms with E-state index in [1.54, 1.807) is 0 Å². The monoisotopic (exact) mass is 250 g/mol. The zero-order valence-corrected chi connectivity index (χ0v) is 11.2. The number of carbonyl (C=O) groups is 2. The third-order valence-corrected chi connectivity index (χ3v) is 6.55. The molecular weight excluding hydrogens is 228 g/mol. The molecule has 0 heterocycles. The Kier molecular flexibility index (Phi) is 2.06. The van der Waals surface area contributed by atoms with Crippen LogP contribution in [0.15, 0.2) is 0 Å². The van der Waals surface area contributed by atoms with Crippen LogP contribution in [0, 0.1) is 28.1 Å². The fraction of sp³-hybridized carbons (Fsp3) is 0.857. The second kappa shape index (κ2) is 3.09. The Labute approximate surface area is 107 Å². The lowest BCUT2D eigenvalue weighted by Crippen LogP contribution is -2.71. The molecule has 4 saturated carbocycles. The van der Waals surface area contributed by atoms with E-state index in [2.05, 4.69) is 6.92 Å². The predicted molar refractivity (Wildman–Crippen MR) is 67.1 cm³/mol. The average molecular weight is 250 g/mol. The normalized spacial score (nSPS) is 53.4. The van der Waals surface area contributed by atoms with E-state index >= 15 is 0 Å². The molecule has 4 rings (SSSR count). The molecule has 4 fully saturated rings. The Balaban J connectivity index is 2.22. The van der Waals surface area contributed by atoms with Crippen molar-refractivity contribution >= 4 is 11.8 Å². The SMILES string of the molecule is CC12CC3CC(C1)CC(C(N)=O)(C3)C2(C)C(N)=O. The van der Waals surface area contributed by atoms with Crippen molar-refractivity contribution in [2.45, 2.75) is 46.0 Å². The molecule has 0 radical (unpaired) electrons. The van der Waals surface area contributed by atoms with Crippen molar-refractivity contribution in [3.63, 3.8) is 0 Å². The van der Waals surface area contributed by atoms with E-state index in [-0.39, 0.29) is 17.2 Å². The molecule has 4 nitrogen and oxygen atoms in total. The standard InChI is InChI=1S/C14H22N2O2/c1-12-4-8-3-9(5-12)7-14(6-8,11(16)18)13(12,2)10(15)17/h8-9H,3-7H2,1-2H3,(H2,15,17)(H2,16,18). The van der Waals surface area contributed by atoms with E-state index < -0.39 is 10.8 Å². The summed E-state index contributed by atoms with van der Waals surface area (Å²) in [5, 5.41) is 0. The van der Waals surface area contributed by atoms with Gasteiger partial charge < -0.3 is 11.5 Å². The summed E-state index contributed by atoms with van der Waals surface area (Å²) >= 11 is 0. The van der Waals surface area contributed by atoms with E-state index in [0.717, 1.165) is 25.7 Å². The van der Waals surface area contributed by atoms with E-state index in [9.17, 15) is 9.59 Å². The van der Waals surface area contributed by atoms with Crippen LogP contribution >= 0.6 is 0 Å². The zero-order valence-electron chi connectivity index (χ0n) is 11.2. The third-order valence-electron chi connectivity index (χ3n) is 6.55. The largest absolute Gasteiger partial charge is 0.369 e. The Bertz CT molecular complexity index is 431. The van der Waals surface area contributed by atoms with Gasteiger partial charge in [0.25, 0.3) is 0 Å². The van der Waals surface area contributed by atoms with Crippen molar-refractivity contribution in [2.24, 2.45) is 39.5 Å². The smallest absolute Gasteiger partial charge is 0.225 e. The summed E-state index contributed by atoms with van der Waals surface area (Å²) in [5.41, 5.74) is 9.80. The summed E-state index contributed by atoms with van der Waals surface area (Å²) in [6, 6.07) is 0. The Morgan fingerprint density at radius 2 is 1.44 bits per heavy atom. The van der Waals surface area contributed by atoms with Crippen molar-refractivity contribution in [3.8, 4) is 0 Å². The molecule has 18 heavy (non-hydrogen) atoms. The summed E-state index contributed by atoms with van der Waals surface area (Å²) in [4.78, 5) is 24.3. The lowest BCUT2D eigenvalue weighted by Gasteiger charge is -2.68. The fourth-order valence-corrected chi connectivity index (χ4v) is 5.75. The highest BCUT2D eigenvalue weighted by Crippen LogP contribution is 2.73. The van der Waals surface area contributed by atoms with Gasteiger partial charge in [-0.1, -0.05) is 6.92 Å². The second-order valence-corrected chi connectivity index (χ2v) is 7.28. The Morgan fingerprint density at radius 1 is 0.944 bits per heavy atom. The van der Waals surface area contributed by atoms with Crippen molar-refractivity contribution < 1.29 is 9.59 Å². The number of rotatable bonds is 2. The average Bonchev–Trinajstić information content (AvgIpc) is 2.23. The van der Waals surface area contributed by atoms with Crippen LogP contribution in [0.3, 0.4) is 0 Å². The first-order chi connectivity index (χ1) is 8.25. The lowest BCUT2D eigenvalue weighted by molar-refractivity contribution is -0.214.